The van der Waals surface area contributed by atoms with Gasteiger partial charge in [-0.2, -0.15) is 0 Å². The standard InChI is InChI=1S/C14H10FNO4S/c15-10-4-6-11(7-5-10)21-8-9-2-1-3-12(16(19)20)13(9)14(17)18/h1-7H,8H2,(H,17,18). The van der Waals surface area contributed by atoms with E-state index in [1.807, 2.05) is 0 Å². The molecule has 0 saturated heterocycles. The summed E-state index contributed by atoms with van der Waals surface area (Å²) in [5, 5.41) is 20.0. The monoisotopic (exact) mass is 307 g/mol. The van der Waals surface area contributed by atoms with E-state index in [1.54, 1.807) is 12.1 Å². The molecular formula is C14H10FNO4S. The minimum Gasteiger partial charge on any atom is -0.477 e. The number of hydrogen-bond donors (Lipinski definition) is 1. The van der Waals surface area contributed by atoms with Crippen LogP contribution in [0.25, 0.3) is 0 Å². The molecule has 7 heteroatoms. The molecule has 0 spiro atoms. The SMILES string of the molecule is O=C(O)c1c(CSc2ccc(F)cc2)cccc1[N+](=O)[O-]. The highest BCUT2D eigenvalue weighted by Gasteiger charge is 2.23. The van der Waals surface area contributed by atoms with Crippen LogP contribution in [-0.4, -0.2) is 16.0 Å². The van der Waals surface area contributed by atoms with E-state index in [4.69, 9.17) is 5.11 Å². The van der Waals surface area contributed by atoms with E-state index in [2.05, 4.69) is 0 Å². The summed E-state index contributed by atoms with van der Waals surface area (Å²) in [6, 6.07) is 9.88. The second kappa shape index (κ2) is 6.36. The van der Waals surface area contributed by atoms with Crippen molar-refractivity contribution < 1.29 is 19.2 Å². The summed E-state index contributed by atoms with van der Waals surface area (Å²) >= 11 is 1.28. The predicted molar refractivity (Wildman–Crippen MR) is 76.0 cm³/mol. The molecule has 1 N–H and O–H groups in total. The molecule has 2 aromatic carbocycles. The molecule has 0 heterocycles. The normalized spacial score (nSPS) is 10.3. The molecule has 2 aromatic rings. The summed E-state index contributed by atoms with van der Waals surface area (Å²) in [6.07, 6.45) is 0. The summed E-state index contributed by atoms with van der Waals surface area (Å²) in [5.41, 5.74) is -0.386. The highest BCUT2D eigenvalue weighted by Crippen LogP contribution is 2.29. The number of halogens is 1. The number of nitrogens with zero attached hydrogens (tertiary/aromatic N) is 1. The highest BCUT2D eigenvalue weighted by molar-refractivity contribution is 7.98. The summed E-state index contributed by atoms with van der Waals surface area (Å²) in [4.78, 5) is 22.2. The molecule has 0 unspecified atom stereocenters. The molecule has 0 aliphatic rings. The maximum atomic E-state index is 12.8. The van der Waals surface area contributed by atoms with Crippen LogP contribution < -0.4 is 0 Å². The Morgan fingerprint density at radius 2 is 1.90 bits per heavy atom. The maximum absolute atomic E-state index is 12.8. The van der Waals surface area contributed by atoms with Crippen molar-refractivity contribution in [3.8, 4) is 0 Å². The summed E-state index contributed by atoms with van der Waals surface area (Å²) in [6.45, 7) is 0. The molecule has 0 fully saturated rings. The molecule has 0 saturated carbocycles. The van der Waals surface area contributed by atoms with Crippen molar-refractivity contribution in [2.75, 3.05) is 0 Å². The first-order chi connectivity index (χ1) is 9.99. The minimum absolute atomic E-state index is 0.245. The van der Waals surface area contributed by atoms with Gasteiger partial charge in [-0.05, 0) is 29.8 Å². The van der Waals surface area contributed by atoms with Gasteiger partial charge in [0.15, 0.2) is 0 Å². The number of hydrogen-bond acceptors (Lipinski definition) is 4. The van der Waals surface area contributed by atoms with Gasteiger partial charge < -0.3 is 5.11 Å². The van der Waals surface area contributed by atoms with Gasteiger partial charge in [0.25, 0.3) is 5.69 Å². The number of rotatable bonds is 5. The average Bonchev–Trinajstić information content (AvgIpc) is 2.46. The molecule has 0 atom stereocenters. The summed E-state index contributed by atoms with van der Waals surface area (Å²) in [7, 11) is 0. The second-order valence-corrected chi connectivity index (χ2v) is 5.16. The van der Waals surface area contributed by atoms with E-state index in [9.17, 15) is 19.3 Å². The first-order valence-corrected chi connectivity index (χ1v) is 6.85. The van der Waals surface area contributed by atoms with Gasteiger partial charge in [-0.1, -0.05) is 12.1 Å². The Hall–Kier alpha value is -2.41. The predicted octanol–water partition coefficient (Wildman–Crippen LogP) is 3.72. The van der Waals surface area contributed by atoms with Crippen molar-refractivity contribution in [2.45, 2.75) is 10.6 Å². The molecule has 0 aromatic heterocycles. The lowest BCUT2D eigenvalue weighted by Gasteiger charge is -2.06. The first-order valence-electron chi connectivity index (χ1n) is 5.87. The van der Waals surface area contributed by atoms with Gasteiger partial charge in [-0.25, -0.2) is 9.18 Å². The number of nitro benzene ring substituents is 1. The lowest BCUT2D eigenvalue weighted by atomic mass is 10.1. The van der Waals surface area contributed by atoms with Gasteiger partial charge in [0.05, 0.1) is 4.92 Å². The van der Waals surface area contributed by atoms with Crippen LogP contribution in [0.1, 0.15) is 15.9 Å². The third kappa shape index (κ3) is 3.57. The summed E-state index contributed by atoms with van der Waals surface area (Å²) < 4.78 is 12.8. The van der Waals surface area contributed by atoms with E-state index in [0.717, 1.165) is 11.0 Å². The van der Waals surface area contributed by atoms with Crippen LogP contribution in [0.15, 0.2) is 47.4 Å². The van der Waals surface area contributed by atoms with Crippen molar-refractivity contribution in [2.24, 2.45) is 0 Å². The van der Waals surface area contributed by atoms with Crippen LogP contribution in [0, 0.1) is 15.9 Å². The topological polar surface area (TPSA) is 80.4 Å². The van der Waals surface area contributed by atoms with Crippen molar-refractivity contribution in [3.63, 3.8) is 0 Å². The quantitative estimate of drug-likeness (QED) is 0.517. The van der Waals surface area contributed by atoms with Gasteiger partial charge in [-0.3, -0.25) is 10.1 Å². The lowest BCUT2D eigenvalue weighted by molar-refractivity contribution is -0.385. The molecular weight excluding hydrogens is 297 g/mol. The van der Waals surface area contributed by atoms with Crippen LogP contribution in [0.4, 0.5) is 10.1 Å². The van der Waals surface area contributed by atoms with E-state index in [1.165, 1.54) is 36.0 Å². The molecule has 5 nitrogen and oxygen atoms in total. The van der Waals surface area contributed by atoms with Crippen molar-refractivity contribution in [1.82, 2.24) is 0 Å². The highest BCUT2D eigenvalue weighted by atomic mass is 32.2. The Kier molecular flexibility index (Phi) is 4.54. The molecule has 0 radical (unpaired) electrons. The molecule has 108 valence electrons. The van der Waals surface area contributed by atoms with Gasteiger partial charge in [0.2, 0.25) is 0 Å². The fraction of sp³-hybridized carbons (Fsp3) is 0.0714. The number of carboxylic acid groups (broad SMARTS) is 1. The molecule has 0 aliphatic heterocycles. The third-order valence-corrected chi connectivity index (χ3v) is 3.81. The Balaban J connectivity index is 2.27. The van der Waals surface area contributed by atoms with Gasteiger partial charge in [0, 0.05) is 16.7 Å². The number of benzene rings is 2. The van der Waals surface area contributed by atoms with Crippen molar-refractivity contribution in [3.05, 3.63) is 69.5 Å². The van der Waals surface area contributed by atoms with Crippen LogP contribution in [0.2, 0.25) is 0 Å². The number of aromatic carboxylic acids is 1. The molecule has 0 amide bonds. The Labute approximate surface area is 123 Å². The van der Waals surface area contributed by atoms with Crippen LogP contribution in [0.3, 0.4) is 0 Å². The molecule has 2 rings (SSSR count). The largest absolute Gasteiger partial charge is 0.477 e. The zero-order valence-electron chi connectivity index (χ0n) is 10.7. The smallest absolute Gasteiger partial charge is 0.343 e. The maximum Gasteiger partial charge on any atom is 0.343 e. The fourth-order valence-corrected chi connectivity index (χ4v) is 2.69. The van der Waals surface area contributed by atoms with E-state index in [0.29, 0.717) is 5.56 Å². The third-order valence-electron chi connectivity index (χ3n) is 2.75. The second-order valence-electron chi connectivity index (χ2n) is 4.12. The van der Waals surface area contributed by atoms with Crippen LogP contribution in [-0.2, 0) is 5.75 Å². The van der Waals surface area contributed by atoms with E-state index in [-0.39, 0.29) is 17.1 Å². The zero-order valence-corrected chi connectivity index (χ0v) is 11.5. The summed E-state index contributed by atoms with van der Waals surface area (Å²) in [5.74, 6) is -1.45. The zero-order chi connectivity index (χ0) is 15.4. The average molecular weight is 307 g/mol. The minimum atomic E-state index is -1.34. The number of carbonyl (C=O) groups is 1. The number of nitro groups is 1. The number of thioether (sulfide) groups is 1. The van der Waals surface area contributed by atoms with Crippen molar-refractivity contribution in [1.29, 1.82) is 0 Å². The number of carboxylic acids is 1. The molecule has 21 heavy (non-hydrogen) atoms. The van der Waals surface area contributed by atoms with Crippen LogP contribution in [0.5, 0.6) is 0 Å². The molecule has 0 bridgehead atoms. The van der Waals surface area contributed by atoms with Gasteiger partial charge in [-0.15, -0.1) is 11.8 Å². The van der Waals surface area contributed by atoms with Crippen molar-refractivity contribution >= 4 is 23.4 Å². The van der Waals surface area contributed by atoms with Crippen LogP contribution >= 0.6 is 11.8 Å². The Morgan fingerprint density at radius 3 is 2.48 bits per heavy atom. The van der Waals surface area contributed by atoms with Gasteiger partial charge >= 0.3 is 5.97 Å². The lowest BCUT2D eigenvalue weighted by Crippen LogP contribution is -2.06. The van der Waals surface area contributed by atoms with E-state index >= 15 is 0 Å². The van der Waals surface area contributed by atoms with E-state index < -0.39 is 16.6 Å². The van der Waals surface area contributed by atoms with Gasteiger partial charge in [0.1, 0.15) is 11.4 Å². The fourth-order valence-electron chi connectivity index (χ4n) is 1.80. The molecule has 0 aliphatic carbocycles. The Bertz CT molecular complexity index is 688. The Morgan fingerprint density at radius 1 is 1.24 bits per heavy atom. The first kappa shape index (κ1) is 15.0.